The number of hydrogen-bond donors (Lipinski definition) is 4. The van der Waals surface area contributed by atoms with Crippen molar-refractivity contribution in [2.45, 2.75) is 57.2 Å². The predicted octanol–water partition coefficient (Wildman–Crippen LogP) is 4.90. The molecule has 0 spiro atoms. The van der Waals surface area contributed by atoms with Gasteiger partial charge in [0.15, 0.2) is 6.29 Å². The minimum Gasteiger partial charge on any atom is -0.508 e. The van der Waals surface area contributed by atoms with Gasteiger partial charge in [-0.3, -0.25) is 9.59 Å². The molecule has 0 aromatic heterocycles. The Morgan fingerprint density at radius 1 is 0.942 bits per heavy atom. The van der Waals surface area contributed by atoms with Gasteiger partial charge >= 0.3 is 6.09 Å². The number of rotatable bonds is 12. The molecular formula is C40H43N3O9. The van der Waals surface area contributed by atoms with Gasteiger partial charge in [-0.2, -0.15) is 0 Å². The van der Waals surface area contributed by atoms with Crippen molar-refractivity contribution in [1.82, 2.24) is 10.2 Å². The number of likely N-dealkylation sites (N-methyl/N-ethyl adjacent to an activating group) is 1. The van der Waals surface area contributed by atoms with Crippen LogP contribution in [-0.4, -0.2) is 70.4 Å². The monoisotopic (exact) mass is 709 g/mol. The Labute approximate surface area is 302 Å². The van der Waals surface area contributed by atoms with E-state index >= 15 is 0 Å². The molecule has 0 saturated carbocycles. The highest BCUT2D eigenvalue weighted by Crippen LogP contribution is 2.42. The fourth-order valence-electron chi connectivity index (χ4n) is 6.58. The molecule has 2 aliphatic heterocycles. The fourth-order valence-corrected chi connectivity index (χ4v) is 6.58. The number of anilines is 1. The Morgan fingerprint density at radius 3 is 2.42 bits per heavy atom. The van der Waals surface area contributed by atoms with Crippen molar-refractivity contribution in [2.75, 3.05) is 25.0 Å². The molecule has 12 heteroatoms. The number of nitrogens with zero attached hydrogens (tertiary/aromatic N) is 2. The van der Waals surface area contributed by atoms with Gasteiger partial charge in [0.1, 0.15) is 18.4 Å². The van der Waals surface area contributed by atoms with E-state index in [1.165, 1.54) is 6.07 Å². The Kier molecular flexibility index (Phi) is 11.6. The quantitative estimate of drug-likeness (QED) is 0.149. The van der Waals surface area contributed by atoms with Gasteiger partial charge in [0, 0.05) is 24.6 Å². The second-order valence-electron chi connectivity index (χ2n) is 13.3. The number of aliphatic hydroxyl groups is 2. The number of amides is 3. The van der Waals surface area contributed by atoms with Crippen molar-refractivity contribution in [3.63, 3.8) is 0 Å². The van der Waals surface area contributed by atoms with Crippen LogP contribution in [0.5, 0.6) is 5.75 Å². The first kappa shape index (κ1) is 36.7. The van der Waals surface area contributed by atoms with E-state index < -0.39 is 42.4 Å². The molecular weight excluding hydrogens is 666 g/mol. The van der Waals surface area contributed by atoms with Gasteiger partial charge in [-0.15, -0.1) is 0 Å². The number of imide groups is 1. The zero-order chi connectivity index (χ0) is 36.8. The Balaban J connectivity index is 1.18. The lowest BCUT2D eigenvalue weighted by Gasteiger charge is -2.42. The lowest BCUT2D eigenvalue weighted by atomic mass is 9.90. The molecule has 52 heavy (non-hydrogen) atoms. The lowest BCUT2D eigenvalue weighted by molar-refractivity contribution is -0.276. The number of carbonyl (C=O) groups is 3. The van der Waals surface area contributed by atoms with E-state index in [1.54, 1.807) is 42.5 Å². The number of phenolic OH excluding ortho intramolecular Hbond substituents is 1. The number of nitrogens with one attached hydrogen (secondary N) is 1. The molecule has 2 saturated heterocycles. The zero-order valence-corrected chi connectivity index (χ0v) is 29.0. The molecule has 272 valence electrons. The first-order valence-corrected chi connectivity index (χ1v) is 17.2. The van der Waals surface area contributed by atoms with Crippen LogP contribution >= 0.6 is 0 Å². The molecule has 1 unspecified atom stereocenters. The Bertz CT molecular complexity index is 1850. The van der Waals surface area contributed by atoms with Gasteiger partial charge < -0.3 is 39.7 Å². The van der Waals surface area contributed by atoms with Crippen LogP contribution in [0.2, 0.25) is 0 Å². The van der Waals surface area contributed by atoms with Crippen LogP contribution in [0.25, 0.3) is 0 Å². The average Bonchev–Trinajstić information content (AvgIpc) is 3.43. The number of ether oxygens (including phenoxy) is 3. The predicted molar refractivity (Wildman–Crippen MR) is 191 cm³/mol. The van der Waals surface area contributed by atoms with Gasteiger partial charge in [0.25, 0.3) is 5.91 Å². The summed E-state index contributed by atoms with van der Waals surface area (Å²) in [5.41, 5.74) is 3.93. The molecule has 2 aliphatic rings. The van der Waals surface area contributed by atoms with Crippen molar-refractivity contribution in [3.05, 3.63) is 131 Å². The van der Waals surface area contributed by atoms with Crippen LogP contribution in [0.4, 0.5) is 10.5 Å². The highest BCUT2D eigenvalue weighted by atomic mass is 16.7. The molecule has 0 radical (unpaired) electrons. The first-order valence-electron chi connectivity index (χ1n) is 17.2. The second kappa shape index (κ2) is 16.5. The summed E-state index contributed by atoms with van der Waals surface area (Å²) in [6.45, 7) is 2.67. The Morgan fingerprint density at radius 2 is 1.69 bits per heavy atom. The van der Waals surface area contributed by atoms with Crippen LogP contribution in [0.3, 0.4) is 0 Å². The summed E-state index contributed by atoms with van der Waals surface area (Å²) in [7, 11) is 1.88. The van der Waals surface area contributed by atoms with E-state index in [4.69, 9.17) is 14.2 Å². The van der Waals surface area contributed by atoms with Crippen molar-refractivity contribution in [2.24, 2.45) is 5.92 Å². The summed E-state index contributed by atoms with van der Waals surface area (Å²) in [4.78, 5) is 42.1. The first-order chi connectivity index (χ1) is 25.1. The smallest absolute Gasteiger partial charge is 0.408 e. The van der Waals surface area contributed by atoms with Crippen LogP contribution < -0.4 is 10.2 Å². The van der Waals surface area contributed by atoms with Gasteiger partial charge in [-0.1, -0.05) is 85.8 Å². The molecule has 3 amide bonds. The van der Waals surface area contributed by atoms with Gasteiger partial charge in [0.2, 0.25) is 5.91 Å². The minimum atomic E-state index is -1.08. The summed E-state index contributed by atoms with van der Waals surface area (Å²) in [6, 6.07) is 28.9. The van der Waals surface area contributed by atoms with Crippen molar-refractivity contribution in [3.8, 4) is 5.75 Å². The van der Waals surface area contributed by atoms with E-state index in [0.717, 1.165) is 21.6 Å². The molecule has 4 N–H and O–H groups in total. The number of benzene rings is 4. The number of aliphatic hydroxyl groups excluding tert-OH is 2. The zero-order valence-electron chi connectivity index (χ0n) is 29.0. The van der Waals surface area contributed by atoms with Crippen LogP contribution in [-0.2, 0) is 37.0 Å². The van der Waals surface area contributed by atoms with Gasteiger partial charge in [-0.05, 0) is 53.6 Å². The molecule has 2 heterocycles. The SMILES string of the molecule is C[C@H]1[C@@H](CN(C)C[C@@H](O)c2cccc(O)c2)O[C@@H](c2cccc(N3C(=O)CC(NC(=O)OCc4ccccc4)C3=O)c2)O[C@H]1c1ccc(CO)cc1. The third-order valence-corrected chi connectivity index (χ3v) is 9.41. The third-order valence-electron chi connectivity index (χ3n) is 9.41. The summed E-state index contributed by atoms with van der Waals surface area (Å²) in [5, 5.41) is 32.9. The van der Waals surface area contributed by atoms with E-state index in [1.807, 2.05) is 73.5 Å². The molecule has 6 atom stereocenters. The summed E-state index contributed by atoms with van der Waals surface area (Å²) in [6.07, 6.45) is -3.55. The number of carbonyl (C=O) groups excluding carboxylic acids is 3. The maximum absolute atomic E-state index is 13.4. The van der Waals surface area contributed by atoms with E-state index in [9.17, 15) is 29.7 Å². The largest absolute Gasteiger partial charge is 0.508 e. The molecule has 0 bridgehead atoms. The van der Waals surface area contributed by atoms with E-state index in [2.05, 4.69) is 5.32 Å². The number of hydrogen-bond acceptors (Lipinski definition) is 10. The van der Waals surface area contributed by atoms with Crippen molar-refractivity contribution in [1.29, 1.82) is 0 Å². The minimum absolute atomic E-state index is 0.0226. The normalized spacial score (nSPS) is 22.4. The van der Waals surface area contributed by atoms with Crippen LogP contribution in [0.1, 0.15) is 59.7 Å². The standard InChI is InChI=1S/C40H43N3O9/c1-25-35(22-42(2)21-34(46)29-10-7-13-32(45)19-29)51-39(52-37(25)28-16-14-26(23-44)15-17-28)30-11-6-12-31(18-30)43-36(47)20-33(38(43)48)41-40(49)50-24-27-8-4-3-5-9-27/h3-19,25,33-35,37,39,44-46H,20-24H2,1-2H3,(H,41,49)/t25-,33?,34+,35+,37+,39+/m0/s1. The van der Waals surface area contributed by atoms with Crippen molar-refractivity contribution < 1.29 is 43.9 Å². The summed E-state index contributed by atoms with van der Waals surface area (Å²) in [5.74, 6) is -1.12. The lowest BCUT2D eigenvalue weighted by Crippen LogP contribution is -2.44. The number of alkyl carbamates (subject to hydrolysis) is 1. The van der Waals surface area contributed by atoms with Gasteiger partial charge in [0.05, 0.1) is 37.0 Å². The molecule has 6 rings (SSSR count). The summed E-state index contributed by atoms with van der Waals surface area (Å²) >= 11 is 0. The maximum Gasteiger partial charge on any atom is 0.408 e. The van der Waals surface area contributed by atoms with Crippen LogP contribution in [0, 0.1) is 5.92 Å². The van der Waals surface area contributed by atoms with Gasteiger partial charge in [-0.25, -0.2) is 9.69 Å². The Hall–Kier alpha value is -5.11. The molecule has 2 fully saturated rings. The maximum atomic E-state index is 13.4. The second-order valence-corrected chi connectivity index (χ2v) is 13.3. The van der Waals surface area contributed by atoms with E-state index in [0.29, 0.717) is 23.4 Å². The molecule has 12 nitrogen and oxygen atoms in total. The van der Waals surface area contributed by atoms with E-state index in [-0.39, 0.29) is 44.0 Å². The number of aromatic hydroxyl groups is 1. The summed E-state index contributed by atoms with van der Waals surface area (Å²) < 4.78 is 18.4. The highest BCUT2D eigenvalue weighted by molar-refractivity contribution is 6.22. The van der Waals surface area contributed by atoms with Crippen molar-refractivity contribution >= 4 is 23.6 Å². The molecule has 0 aliphatic carbocycles. The number of phenols is 1. The topological polar surface area (TPSA) is 158 Å². The highest BCUT2D eigenvalue weighted by Gasteiger charge is 2.42. The molecule has 4 aromatic carbocycles. The fraction of sp³-hybridized carbons (Fsp3) is 0.325. The molecule has 4 aromatic rings. The third kappa shape index (κ3) is 8.67. The average molecular weight is 710 g/mol. The van der Waals surface area contributed by atoms with Crippen LogP contribution in [0.15, 0.2) is 103 Å².